The third kappa shape index (κ3) is 10.1. The molecule has 8 N–H and O–H groups in total. The number of nitrogens with one attached hydrogen (secondary N) is 3. The van der Waals surface area contributed by atoms with E-state index in [2.05, 4.69) is 16.0 Å². The van der Waals surface area contributed by atoms with Gasteiger partial charge in [0.15, 0.2) is 0 Å². The fourth-order valence-electron chi connectivity index (χ4n) is 2.76. The number of carboxylic acids is 2. The summed E-state index contributed by atoms with van der Waals surface area (Å²) < 4.78 is 0. The van der Waals surface area contributed by atoms with E-state index in [0.29, 0.717) is 17.7 Å². The third-order valence-electron chi connectivity index (χ3n) is 4.72. The van der Waals surface area contributed by atoms with Gasteiger partial charge in [-0.2, -0.15) is 11.8 Å². The highest BCUT2D eigenvalue weighted by molar-refractivity contribution is 7.98. The van der Waals surface area contributed by atoms with Gasteiger partial charge in [0.1, 0.15) is 23.9 Å². The molecule has 3 amide bonds. The first kappa shape index (κ1) is 28.7. The second-order valence-electron chi connectivity index (χ2n) is 7.55. The summed E-state index contributed by atoms with van der Waals surface area (Å²) in [5, 5.41) is 34.6. The zero-order chi connectivity index (χ0) is 25.8. The molecule has 0 saturated heterocycles. The van der Waals surface area contributed by atoms with Crippen LogP contribution in [0.2, 0.25) is 0 Å². The molecule has 0 fully saturated rings. The molecule has 12 nitrogen and oxygen atoms in total. The molecule has 34 heavy (non-hydrogen) atoms. The largest absolute Gasteiger partial charge is 0.508 e. The number of phenols is 1. The maximum atomic E-state index is 12.9. The highest BCUT2D eigenvalue weighted by Gasteiger charge is 2.30. The van der Waals surface area contributed by atoms with Crippen LogP contribution >= 0.6 is 11.8 Å². The van der Waals surface area contributed by atoms with Crippen LogP contribution in [0.15, 0.2) is 24.3 Å². The quantitative estimate of drug-likeness (QED) is 0.167. The van der Waals surface area contributed by atoms with Crippen LogP contribution in [0.3, 0.4) is 0 Å². The van der Waals surface area contributed by atoms with Gasteiger partial charge in [0.05, 0.1) is 12.5 Å². The molecule has 188 valence electrons. The van der Waals surface area contributed by atoms with Crippen molar-refractivity contribution in [3.63, 3.8) is 0 Å². The lowest BCUT2D eigenvalue weighted by Crippen LogP contribution is -2.57. The maximum Gasteiger partial charge on any atom is 0.325 e. The summed E-state index contributed by atoms with van der Waals surface area (Å²) in [6.07, 6.45) is 1.29. The first-order valence-electron chi connectivity index (χ1n) is 10.3. The van der Waals surface area contributed by atoms with E-state index in [1.165, 1.54) is 43.0 Å². The number of carboxylic acid groups (broad SMARTS) is 2. The van der Waals surface area contributed by atoms with Gasteiger partial charge in [-0.25, -0.2) is 0 Å². The number of amides is 3. The number of carbonyl (C=O) groups excluding carboxylic acids is 3. The minimum Gasteiger partial charge on any atom is -0.508 e. The minimum absolute atomic E-state index is 0.0182. The first-order chi connectivity index (χ1) is 15.9. The molecule has 0 radical (unpaired) electrons. The Labute approximate surface area is 200 Å². The van der Waals surface area contributed by atoms with Gasteiger partial charge in [-0.1, -0.05) is 12.1 Å². The van der Waals surface area contributed by atoms with Crippen molar-refractivity contribution in [1.29, 1.82) is 0 Å². The summed E-state index contributed by atoms with van der Waals surface area (Å²) in [5.41, 5.74) is 6.31. The molecular formula is C21H30N4O8S. The Kier molecular flexibility index (Phi) is 11.9. The molecule has 0 aromatic heterocycles. The van der Waals surface area contributed by atoms with Crippen LogP contribution in [0.5, 0.6) is 5.75 Å². The average Bonchev–Trinajstić information content (AvgIpc) is 2.77. The molecule has 0 bridgehead atoms. The topological polar surface area (TPSA) is 208 Å². The molecule has 1 aromatic carbocycles. The molecule has 0 aliphatic carbocycles. The Hall–Kier alpha value is -3.32. The van der Waals surface area contributed by atoms with Crippen LogP contribution in [0, 0.1) is 0 Å². The molecule has 1 aromatic rings. The number of hydrogen-bond acceptors (Lipinski definition) is 8. The molecule has 0 spiro atoms. The fraction of sp³-hybridized carbons (Fsp3) is 0.476. The van der Waals surface area contributed by atoms with E-state index in [-0.39, 0.29) is 12.2 Å². The van der Waals surface area contributed by atoms with Gasteiger partial charge in [-0.05, 0) is 43.0 Å². The summed E-state index contributed by atoms with van der Waals surface area (Å²) in [5.74, 6) is -4.58. The minimum atomic E-state index is -1.52. The number of aliphatic carboxylic acids is 2. The molecule has 0 aliphatic rings. The lowest BCUT2D eigenvalue weighted by molar-refractivity contribution is -0.143. The van der Waals surface area contributed by atoms with Gasteiger partial charge >= 0.3 is 11.9 Å². The van der Waals surface area contributed by atoms with E-state index in [4.69, 9.17) is 10.8 Å². The van der Waals surface area contributed by atoms with E-state index >= 15 is 0 Å². The van der Waals surface area contributed by atoms with Crippen molar-refractivity contribution in [1.82, 2.24) is 16.0 Å². The SMILES string of the molecule is CSCCC(N)C(=O)NC(CC(=O)O)C(=O)NC(Cc1ccc(O)cc1)C(=O)NC(C)C(=O)O. The number of phenolic OH excluding ortho intramolecular Hbond substituents is 1. The Balaban J connectivity index is 3.06. The number of carbonyl (C=O) groups is 5. The molecule has 0 heterocycles. The van der Waals surface area contributed by atoms with Crippen molar-refractivity contribution in [2.24, 2.45) is 5.73 Å². The number of thioether (sulfide) groups is 1. The highest BCUT2D eigenvalue weighted by atomic mass is 32.2. The Morgan fingerprint density at radius 2 is 1.50 bits per heavy atom. The lowest BCUT2D eigenvalue weighted by atomic mass is 10.0. The fourth-order valence-corrected chi connectivity index (χ4v) is 3.25. The second kappa shape index (κ2) is 14.1. The number of nitrogens with two attached hydrogens (primary N) is 1. The van der Waals surface area contributed by atoms with E-state index in [0.717, 1.165) is 0 Å². The smallest absolute Gasteiger partial charge is 0.325 e. The van der Waals surface area contributed by atoms with Gasteiger partial charge in [0.2, 0.25) is 17.7 Å². The van der Waals surface area contributed by atoms with Crippen molar-refractivity contribution in [3.8, 4) is 5.75 Å². The second-order valence-corrected chi connectivity index (χ2v) is 8.53. The van der Waals surface area contributed by atoms with Crippen molar-refractivity contribution in [3.05, 3.63) is 29.8 Å². The summed E-state index contributed by atoms with van der Waals surface area (Å²) in [7, 11) is 0. The third-order valence-corrected chi connectivity index (χ3v) is 5.36. The standard InChI is InChI=1S/C21H30N4O8S/c1-11(21(32)33)23-19(30)15(9-12-3-5-13(26)6-4-12)25-20(31)16(10-17(27)28)24-18(29)14(22)7-8-34-2/h3-6,11,14-16,26H,7-10,22H2,1-2H3,(H,23,30)(H,24,29)(H,25,31)(H,27,28)(H,32,33). The maximum absolute atomic E-state index is 12.9. The van der Waals surface area contributed by atoms with Crippen LogP contribution < -0.4 is 21.7 Å². The van der Waals surface area contributed by atoms with Gasteiger partial charge < -0.3 is 37.0 Å². The summed E-state index contributed by atoms with van der Waals surface area (Å²) >= 11 is 1.47. The van der Waals surface area contributed by atoms with Gasteiger partial charge in [0, 0.05) is 6.42 Å². The highest BCUT2D eigenvalue weighted by Crippen LogP contribution is 2.12. The molecule has 4 unspecified atom stereocenters. The molecule has 0 saturated carbocycles. The Bertz CT molecular complexity index is 880. The number of benzene rings is 1. The van der Waals surface area contributed by atoms with Crippen molar-refractivity contribution >= 4 is 41.4 Å². The average molecular weight is 499 g/mol. The Morgan fingerprint density at radius 3 is 2.03 bits per heavy atom. The zero-order valence-electron chi connectivity index (χ0n) is 18.8. The van der Waals surface area contributed by atoms with Gasteiger partial charge in [-0.3, -0.25) is 24.0 Å². The number of hydrogen-bond donors (Lipinski definition) is 7. The summed E-state index contributed by atoms with van der Waals surface area (Å²) in [6, 6.07) is 0.729. The predicted octanol–water partition coefficient (Wildman–Crippen LogP) is -0.951. The van der Waals surface area contributed by atoms with Gasteiger partial charge in [0.25, 0.3) is 0 Å². The van der Waals surface area contributed by atoms with Crippen LogP contribution in [-0.2, 0) is 30.4 Å². The van der Waals surface area contributed by atoms with Crippen LogP contribution in [0.25, 0.3) is 0 Å². The lowest BCUT2D eigenvalue weighted by Gasteiger charge is -2.24. The molecule has 1 rings (SSSR count). The first-order valence-corrected chi connectivity index (χ1v) is 11.7. The number of rotatable bonds is 14. The van der Waals surface area contributed by atoms with E-state index in [1.54, 1.807) is 0 Å². The van der Waals surface area contributed by atoms with Crippen LogP contribution in [0.4, 0.5) is 0 Å². The van der Waals surface area contributed by atoms with E-state index in [9.17, 15) is 34.2 Å². The van der Waals surface area contributed by atoms with Crippen LogP contribution in [-0.4, -0.2) is 81.2 Å². The van der Waals surface area contributed by atoms with E-state index in [1.807, 2.05) is 6.26 Å². The van der Waals surface area contributed by atoms with Crippen LogP contribution in [0.1, 0.15) is 25.3 Å². The normalized spacial score (nSPS) is 14.2. The van der Waals surface area contributed by atoms with Crippen molar-refractivity contribution < 1.29 is 39.3 Å². The van der Waals surface area contributed by atoms with E-state index < -0.39 is 60.2 Å². The monoisotopic (exact) mass is 498 g/mol. The number of aromatic hydroxyl groups is 1. The Morgan fingerprint density at radius 1 is 0.941 bits per heavy atom. The molecule has 4 atom stereocenters. The summed E-state index contributed by atoms with van der Waals surface area (Å²) in [4.78, 5) is 60.3. The molecule has 0 aliphatic heterocycles. The predicted molar refractivity (Wildman–Crippen MR) is 124 cm³/mol. The summed E-state index contributed by atoms with van der Waals surface area (Å²) in [6.45, 7) is 1.24. The van der Waals surface area contributed by atoms with Crippen molar-refractivity contribution in [2.75, 3.05) is 12.0 Å². The van der Waals surface area contributed by atoms with Gasteiger partial charge in [-0.15, -0.1) is 0 Å². The van der Waals surface area contributed by atoms with Crippen molar-refractivity contribution in [2.45, 2.75) is 50.4 Å². The molecular weight excluding hydrogens is 468 g/mol. The molecule has 13 heteroatoms. The zero-order valence-corrected chi connectivity index (χ0v) is 19.6.